The number of carbonyl (C=O) groups is 3. The van der Waals surface area contributed by atoms with E-state index in [-0.39, 0.29) is 37.5 Å². The highest BCUT2D eigenvalue weighted by molar-refractivity contribution is 8.02. The van der Waals surface area contributed by atoms with Crippen molar-refractivity contribution in [2.75, 3.05) is 38.3 Å². The number of rotatable bonds is 11. The number of esters is 1. The molecule has 1 N–H and O–H groups in total. The first-order valence-electron chi connectivity index (χ1n) is 12.6. The zero-order valence-electron chi connectivity index (χ0n) is 21.3. The average molecular weight is 517 g/mol. The molecule has 3 aliphatic heterocycles. The SMILES string of the molecule is C=CCN(C(=O)C1N(CCCCO)C(=O)[C@@H]2[C@@H](C(=O)OCC)[C@@]3(C)CCC12S3)c1ccc(OC)cc1. The Morgan fingerprint density at radius 3 is 2.61 bits per heavy atom. The molecule has 3 aliphatic rings. The number of thioether (sulfide) groups is 1. The highest BCUT2D eigenvalue weighted by Gasteiger charge is 2.77. The van der Waals surface area contributed by atoms with Crippen molar-refractivity contribution in [2.24, 2.45) is 11.8 Å². The van der Waals surface area contributed by atoms with Gasteiger partial charge in [0.15, 0.2) is 0 Å². The first-order chi connectivity index (χ1) is 17.3. The molecular weight excluding hydrogens is 480 g/mol. The van der Waals surface area contributed by atoms with E-state index in [1.54, 1.807) is 53.8 Å². The molecule has 0 aromatic heterocycles. The quantitative estimate of drug-likeness (QED) is 0.274. The number of methoxy groups -OCH3 is 1. The zero-order chi connectivity index (χ0) is 26.1. The van der Waals surface area contributed by atoms with Crippen molar-refractivity contribution < 1.29 is 29.0 Å². The molecule has 3 heterocycles. The number of carbonyl (C=O) groups excluding carboxylic acids is 3. The van der Waals surface area contributed by atoms with Gasteiger partial charge in [-0.3, -0.25) is 14.4 Å². The summed E-state index contributed by atoms with van der Waals surface area (Å²) in [6.07, 6.45) is 4.20. The molecule has 8 nitrogen and oxygen atoms in total. The monoisotopic (exact) mass is 516 g/mol. The highest BCUT2D eigenvalue weighted by atomic mass is 32.2. The van der Waals surface area contributed by atoms with Gasteiger partial charge in [-0.2, -0.15) is 0 Å². The lowest BCUT2D eigenvalue weighted by atomic mass is 9.66. The van der Waals surface area contributed by atoms with Crippen LogP contribution in [0.5, 0.6) is 5.75 Å². The molecule has 1 spiro atoms. The summed E-state index contributed by atoms with van der Waals surface area (Å²) in [5, 5.41) is 9.34. The third-order valence-corrected chi connectivity index (χ3v) is 9.81. The van der Waals surface area contributed by atoms with Gasteiger partial charge in [-0.05, 0) is 63.8 Å². The molecule has 1 aromatic carbocycles. The first kappa shape index (κ1) is 26.5. The fraction of sp³-hybridized carbons (Fsp3) is 0.593. The Balaban J connectivity index is 1.76. The molecule has 9 heteroatoms. The molecule has 4 rings (SSSR count). The van der Waals surface area contributed by atoms with E-state index in [2.05, 4.69) is 6.58 Å². The van der Waals surface area contributed by atoms with E-state index in [1.165, 1.54) is 0 Å². The average Bonchev–Trinajstić information content (AvgIpc) is 3.43. The van der Waals surface area contributed by atoms with Crippen LogP contribution in [0.4, 0.5) is 5.69 Å². The molecule has 0 saturated carbocycles. The number of fused-ring (bicyclic) bond motifs is 1. The Kier molecular flexibility index (Phi) is 7.71. The minimum atomic E-state index is -0.720. The van der Waals surface area contributed by atoms with E-state index >= 15 is 0 Å². The molecule has 196 valence electrons. The largest absolute Gasteiger partial charge is 0.497 e. The van der Waals surface area contributed by atoms with Crippen molar-refractivity contribution in [3.63, 3.8) is 0 Å². The summed E-state index contributed by atoms with van der Waals surface area (Å²) in [6.45, 7) is 8.54. The van der Waals surface area contributed by atoms with Gasteiger partial charge in [0.25, 0.3) is 5.91 Å². The topological polar surface area (TPSA) is 96.4 Å². The smallest absolute Gasteiger partial charge is 0.311 e. The van der Waals surface area contributed by atoms with E-state index in [0.29, 0.717) is 37.2 Å². The number of benzene rings is 1. The van der Waals surface area contributed by atoms with Crippen LogP contribution in [0.25, 0.3) is 0 Å². The van der Waals surface area contributed by atoms with E-state index in [0.717, 1.165) is 6.42 Å². The Morgan fingerprint density at radius 1 is 1.28 bits per heavy atom. The van der Waals surface area contributed by atoms with Crippen molar-refractivity contribution in [3.05, 3.63) is 36.9 Å². The second-order valence-electron chi connectivity index (χ2n) is 9.88. The maximum Gasteiger partial charge on any atom is 0.311 e. The van der Waals surface area contributed by atoms with Crippen LogP contribution in [0, 0.1) is 11.8 Å². The number of nitrogens with zero attached hydrogens (tertiary/aromatic N) is 2. The van der Waals surface area contributed by atoms with E-state index in [4.69, 9.17) is 9.47 Å². The first-order valence-corrected chi connectivity index (χ1v) is 13.4. The van der Waals surface area contributed by atoms with Crippen LogP contribution in [-0.2, 0) is 19.1 Å². The van der Waals surface area contributed by atoms with Gasteiger partial charge in [-0.25, -0.2) is 0 Å². The molecule has 36 heavy (non-hydrogen) atoms. The lowest BCUT2D eigenvalue weighted by molar-refractivity contribution is -0.155. The molecule has 2 unspecified atom stereocenters. The second kappa shape index (κ2) is 10.5. The summed E-state index contributed by atoms with van der Waals surface area (Å²) in [6, 6.07) is 6.52. The maximum atomic E-state index is 14.4. The molecule has 2 amide bonds. The van der Waals surface area contributed by atoms with Crippen LogP contribution < -0.4 is 9.64 Å². The van der Waals surface area contributed by atoms with E-state index < -0.39 is 27.4 Å². The minimum absolute atomic E-state index is 0.0158. The Bertz CT molecular complexity index is 1020. The van der Waals surface area contributed by atoms with Gasteiger partial charge in [0, 0.05) is 30.1 Å². The van der Waals surface area contributed by atoms with Crippen molar-refractivity contribution in [3.8, 4) is 5.75 Å². The summed E-state index contributed by atoms with van der Waals surface area (Å²) in [5.41, 5.74) is 0.689. The third-order valence-electron chi connectivity index (χ3n) is 7.82. The summed E-state index contributed by atoms with van der Waals surface area (Å²) in [7, 11) is 1.59. The van der Waals surface area contributed by atoms with E-state index in [1.807, 2.05) is 19.1 Å². The number of amides is 2. The zero-order valence-corrected chi connectivity index (χ0v) is 22.1. The number of unbranched alkanes of at least 4 members (excludes halogenated alkanes) is 1. The van der Waals surface area contributed by atoms with Crippen LogP contribution in [0.2, 0.25) is 0 Å². The number of likely N-dealkylation sites (tertiary alicyclic amines) is 1. The van der Waals surface area contributed by atoms with Crippen molar-refractivity contribution >= 4 is 35.2 Å². The minimum Gasteiger partial charge on any atom is -0.497 e. The van der Waals surface area contributed by atoms with Gasteiger partial charge in [-0.1, -0.05) is 6.08 Å². The number of anilines is 1. The second-order valence-corrected chi connectivity index (χ2v) is 11.8. The number of aliphatic hydroxyl groups is 1. The standard InChI is InChI=1S/C27H36N2O6S/c1-5-15-28(18-9-11-19(34-4)12-10-18)24(32)22-27-14-13-26(3,36-27)21(25(33)35-6-2)20(27)23(31)29(22)16-7-8-17-30/h5,9-12,20-22,30H,1,6-8,13-17H2,2-4H3/t20-,21-,22?,26+,27?/m0/s1. The molecular formula is C27H36N2O6S. The van der Waals surface area contributed by atoms with Crippen molar-refractivity contribution in [2.45, 2.75) is 55.1 Å². The molecule has 0 aliphatic carbocycles. The number of ether oxygens (including phenoxy) is 2. The predicted octanol–water partition coefficient (Wildman–Crippen LogP) is 3.03. The van der Waals surface area contributed by atoms with Crippen LogP contribution in [0.3, 0.4) is 0 Å². The van der Waals surface area contributed by atoms with Gasteiger partial charge in [0.05, 0.1) is 30.3 Å². The Hall–Kier alpha value is -2.52. The third kappa shape index (κ3) is 4.20. The number of hydrogen-bond acceptors (Lipinski definition) is 7. The van der Waals surface area contributed by atoms with Gasteiger partial charge in [-0.15, -0.1) is 18.3 Å². The summed E-state index contributed by atoms with van der Waals surface area (Å²) in [4.78, 5) is 44.8. The highest BCUT2D eigenvalue weighted by Crippen LogP contribution is 2.71. The molecule has 3 fully saturated rings. The van der Waals surface area contributed by atoms with Crippen LogP contribution >= 0.6 is 11.8 Å². The van der Waals surface area contributed by atoms with Gasteiger partial charge in [0.2, 0.25) is 5.91 Å². The van der Waals surface area contributed by atoms with Crippen LogP contribution in [0.15, 0.2) is 36.9 Å². The summed E-state index contributed by atoms with van der Waals surface area (Å²) >= 11 is 1.63. The molecule has 2 bridgehead atoms. The summed E-state index contributed by atoms with van der Waals surface area (Å²) in [5.74, 6) is -1.20. The van der Waals surface area contributed by atoms with Crippen LogP contribution in [0.1, 0.15) is 39.5 Å². The maximum absolute atomic E-state index is 14.4. The van der Waals surface area contributed by atoms with Crippen molar-refractivity contribution in [1.82, 2.24) is 4.90 Å². The molecule has 5 atom stereocenters. The fourth-order valence-electron chi connectivity index (χ4n) is 6.29. The van der Waals surface area contributed by atoms with Gasteiger partial charge < -0.3 is 24.4 Å². The lowest BCUT2D eigenvalue weighted by Gasteiger charge is -2.37. The Morgan fingerprint density at radius 2 is 2.00 bits per heavy atom. The fourth-order valence-corrected chi connectivity index (χ4v) is 8.63. The van der Waals surface area contributed by atoms with Crippen molar-refractivity contribution in [1.29, 1.82) is 0 Å². The number of hydrogen-bond donors (Lipinski definition) is 1. The summed E-state index contributed by atoms with van der Waals surface area (Å²) < 4.78 is 9.54. The molecule has 3 saturated heterocycles. The molecule has 1 aromatic rings. The number of aliphatic hydroxyl groups excluding tert-OH is 1. The van der Waals surface area contributed by atoms with Gasteiger partial charge in [0.1, 0.15) is 11.8 Å². The lowest BCUT2D eigenvalue weighted by Crippen LogP contribution is -2.55. The predicted molar refractivity (Wildman–Crippen MR) is 139 cm³/mol. The van der Waals surface area contributed by atoms with Gasteiger partial charge >= 0.3 is 5.97 Å². The Labute approximate surface area is 217 Å². The molecule has 0 radical (unpaired) electrons. The normalized spacial score (nSPS) is 30.3. The van der Waals surface area contributed by atoms with Crippen LogP contribution in [-0.4, -0.2) is 76.7 Å². The van der Waals surface area contributed by atoms with E-state index in [9.17, 15) is 19.5 Å².